The molecule has 0 amide bonds. The van der Waals surface area contributed by atoms with Crippen molar-refractivity contribution in [3.8, 4) is 12.0 Å². The molecule has 1 aromatic rings. The number of anilines is 1. The van der Waals surface area contributed by atoms with Crippen LogP contribution >= 0.6 is 0 Å². The van der Waals surface area contributed by atoms with Gasteiger partial charge in [-0.2, -0.15) is 13.2 Å². The fourth-order valence-electron chi connectivity index (χ4n) is 0.877. The van der Waals surface area contributed by atoms with Gasteiger partial charge in [0, 0.05) is 11.7 Å². The van der Waals surface area contributed by atoms with Crippen LogP contribution in [0.3, 0.4) is 0 Å². The smallest absolute Gasteiger partial charge is 0.315 e. The van der Waals surface area contributed by atoms with Gasteiger partial charge in [0.05, 0.1) is 5.56 Å². The van der Waals surface area contributed by atoms with E-state index in [1.54, 1.807) is 6.92 Å². The monoisotopic (exact) mass is 199 g/mol. The highest BCUT2D eigenvalue weighted by molar-refractivity contribution is 5.49. The zero-order chi connectivity index (χ0) is 10.6. The van der Waals surface area contributed by atoms with Crippen LogP contribution in [0.2, 0.25) is 0 Å². The predicted molar refractivity (Wildman–Crippen MR) is 48.5 cm³/mol. The quantitative estimate of drug-likeness (QED) is 0.541. The summed E-state index contributed by atoms with van der Waals surface area (Å²) in [4.78, 5) is 0. The second-order valence-corrected chi connectivity index (χ2v) is 2.58. The maximum Gasteiger partial charge on any atom is 0.416 e. The van der Waals surface area contributed by atoms with Gasteiger partial charge < -0.3 is 5.32 Å². The number of alkyl halides is 3. The molecule has 0 spiro atoms. The second kappa shape index (κ2) is 4.05. The van der Waals surface area contributed by atoms with Crippen LogP contribution in [0.4, 0.5) is 18.9 Å². The normalized spacial score (nSPS) is 10.3. The summed E-state index contributed by atoms with van der Waals surface area (Å²) in [6.45, 7) is 1.64. The molecule has 0 radical (unpaired) electrons. The van der Waals surface area contributed by atoms with Crippen molar-refractivity contribution >= 4 is 5.69 Å². The molecule has 1 nitrogen and oxygen atoms in total. The first-order valence-electron chi connectivity index (χ1n) is 3.89. The zero-order valence-corrected chi connectivity index (χ0v) is 7.44. The van der Waals surface area contributed by atoms with Crippen molar-refractivity contribution < 1.29 is 13.2 Å². The minimum absolute atomic E-state index is 0.548. The molecule has 0 aliphatic carbocycles. The number of hydrogen-bond donors (Lipinski definition) is 1. The van der Waals surface area contributed by atoms with E-state index < -0.39 is 11.7 Å². The van der Waals surface area contributed by atoms with E-state index in [2.05, 4.69) is 17.3 Å². The molecular formula is C10H8F3N. The average Bonchev–Trinajstić information content (AvgIpc) is 2.14. The standard InChI is InChI=1S/C10H8F3N/c1-2-7-14-9-5-3-8(4-6-9)10(11,12)13/h3-6,14H,1H3. The van der Waals surface area contributed by atoms with Gasteiger partial charge in [0.25, 0.3) is 0 Å². The van der Waals surface area contributed by atoms with Crippen LogP contribution in [0.15, 0.2) is 24.3 Å². The molecule has 0 unspecified atom stereocenters. The lowest BCUT2D eigenvalue weighted by Crippen LogP contribution is -2.04. The second-order valence-electron chi connectivity index (χ2n) is 2.58. The van der Waals surface area contributed by atoms with E-state index in [9.17, 15) is 13.2 Å². The first-order valence-corrected chi connectivity index (χ1v) is 3.89. The van der Waals surface area contributed by atoms with Crippen LogP contribution in [0, 0.1) is 12.0 Å². The molecule has 1 N–H and O–H groups in total. The third-order valence-electron chi connectivity index (χ3n) is 1.54. The van der Waals surface area contributed by atoms with Crippen LogP contribution in [-0.4, -0.2) is 0 Å². The Balaban J connectivity index is 2.82. The summed E-state index contributed by atoms with van der Waals surface area (Å²) in [6.07, 6.45) is -4.28. The van der Waals surface area contributed by atoms with Crippen molar-refractivity contribution in [1.82, 2.24) is 0 Å². The van der Waals surface area contributed by atoms with Crippen LogP contribution in [0.1, 0.15) is 12.5 Å². The Morgan fingerprint density at radius 2 is 1.71 bits per heavy atom. The zero-order valence-electron chi connectivity index (χ0n) is 7.44. The molecule has 0 atom stereocenters. The first-order chi connectivity index (χ1) is 6.54. The molecule has 0 saturated carbocycles. The van der Waals surface area contributed by atoms with Crippen LogP contribution in [0.25, 0.3) is 0 Å². The number of nitrogens with one attached hydrogen (secondary N) is 1. The highest BCUT2D eigenvalue weighted by Gasteiger charge is 2.29. The van der Waals surface area contributed by atoms with Gasteiger partial charge in [0.15, 0.2) is 0 Å². The Labute approximate surface area is 79.9 Å². The molecule has 0 saturated heterocycles. The van der Waals surface area contributed by atoms with E-state index in [1.807, 2.05) is 0 Å². The largest absolute Gasteiger partial charge is 0.416 e. The van der Waals surface area contributed by atoms with Crippen LogP contribution in [0.5, 0.6) is 0 Å². The molecule has 1 aromatic carbocycles. The summed E-state index contributed by atoms with van der Waals surface area (Å²) in [5, 5.41) is 2.64. The number of hydrogen-bond acceptors (Lipinski definition) is 1. The Hall–Kier alpha value is -1.63. The molecule has 0 aliphatic heterocycles. The molecular weight excluding hydrogens is 191 g/mol. The fourth-order valence-corrected chi connectivity index (χ4v) is 0.877. The number of halogens is 3. The highest BCUT2D eigenvalue weighted by atomic mass is 19.4. The van der Waals surface area contributed by atoms with Gasteiger partial charge in [-0.1, -0.05) is 5.92 Å². The van der Waals surface area contributed by atoms with E-state index in [-0.39, 0.29) is 0 Å². The minimum Gasteiger partial charge on any atom is -0.315 e. The average molecular weight is 199 g/mol. The van der Waals surface area contributed by atoms with Crippen molar-refractivity contribution in [2.24, 2.45) is 0 Å². The van der Waals surface area contributed by atoms with Gasteiger partial charge in [-0.15, -0.1) is 0 Å². The van der Waals surface area contributed by atoms with Crippen LogP contribution < -0.4 is 5.32 Å². The van der Waals surface area contributed by atoms with E-state index in [4.69, 9.17) is 0 Å². The summed E-state index contributed by atoms with van der Waals surface area (Å²) >= 11 is 0. The van der Waals surface area contributed by atoms with Crippen molar-refractivity contribution in [1.29, 1.82) is 0 Å². The van der Waals surface area contributed by atoms with Crippen molar-refractivity contribution in [2.75, 3.05) is 5.32 Å². The molecule has 14 heavy (non-hydrogen) atoms. The lowest BCUT2D eigenvalue weighted by molar-refractivity contribution is -0.137. The van der Waals surface area contributed by atoms with Crippen molar-refractivity contribution in [3.63, 3.8) is 0 Å². The van der Waals surface area contributed by atoms with Gasteiger partial charge in [0.2, 0.25) is 0 Å². The minimum atomic E-state index is -4.28. The summed E-state index contributed by atoms with van der Waals surface area (Å²) in [6, 6.07) is 7.25. The topological polar surface area (TPSA) is 12.0 Å². The van der Waals surface area contributed by atoms with Gasteiger partial charge >= 0.3 is 6.18 Å². The highest BCUT2D eigenvalue weighted by Crippen LogP contribution is 2.29. The molecule has 0 bridgehead atoms. The third-order valence-corrected chi connectivity index (χ3v) is 1.54. The van der Waals surface area contributed by atoms with Crippen LogP contribution in [-0.2, 0) is 6.18 Å². The fraction of sp³-hybridized carbons (Fsp3) is 0.200. The summed E-state index contributed by atoms with van der Waals surface area (Å²) in [5.41, 5.74) is -0.111. The third kappa shape index (κ3) is 2.70. The molecule has 0 fully saturated rings. The molecule has 0 aliphatic rings. The molecule has 4 heteroatoms. The number of benzene rings is 1. The first kappa shape index (κ1) is 10.5. The lowest BCUT2D eigenvalue weighted by atomic mass is 10.2. The molecule has 74 valence electrons. The summed E-state index contributed by atoms with van der Waals surface area (Å²) in [5.74, 6) is 2.58. The Kier molecular flexibility index (Phi) is 3.03. The van der Waals surface area contributed by atoms with Gasteiger partial charge in [-0.25, -0.2) is 0 Å². The predicted octanol–water partition coefficient (Wildman–Crippen LogP) is 3.10. The molecule has 0 heterocycles. The number of rotatable bonds is 1. The Bertz CT molecular complexity index is 354. The maximum absolute atomic E-state index is 12.1. The molecule has 0 aromatic heterocycles. The van der Waals surface area contributed by atoms with Crippen molar-refractivity contribution in [3.05, 3.63) is 29.8 Å². The van der Waals surface area contributed by atoms with E-state index in [0.717, 1.165) is 12.1 Å². The lowest BCUT2D eigenvalue weighted by Gasteiger charge is -2.06. The van der Waals surface area contributed by atoms with Crippen molar-refractivity contribution in [2.45, 2.75) is 13.1 Å². The van der Waals surface area contributed by atoms with Gasteiger partial charge in [0.1, 0.15) is 0 Å². The van der Waals surface area contributed by atoms with Gasteiger partial charge in [-0.05, 0) is 31.2 Å². The Morgan fingerprint density at radius 3 is 2.14 bits per heavy atom. The SMILES string of the molecule is CC#CNc1ccc(C(F)(F)F)cc1. The van der Waals surface area contributed by atoms with E-state index >= 15 is 0 Å². The summed E-state index contributed by atoms with van der Waals surface area (Å²) < 4.78 is 36.4. The van der Waals surface area contributed by atoms with E-state index in [0.29, 0.717) is 5.69 Å². The molecule has 1 rings (SSSR count). The maximum atomic E-state index is 12.1. The summed E-state index contributed by atoms with van der Waals surface area (Å²) in [7, 11) is 0. The van der Waals surface area contributed by atoms with Gasteiger partial charge in [-0.3, -0.25) is 0 Å². The van der Waals surface area contributed by atoms with E-state index in [1.165, 1.54) is 12.1 Å². The Morgan fingerprint density at radius 1 is 1.14 bits per heavy atom.